The molecule has 5 heteroatoms. The van der Waals surface area contributed by atoms with Crippen molar-refractivity contribution in [1.29, 1.82) is 0 Å². The molecule has 0 unspecified atom stereocenters. The normalized spacial score (nSPS) is 10.0. The second kappa shape index (κ2) is 12.8. The number of carboxylic acid groups (broad SMARTS) is 1. The monoisotopic (exact) mass is 265 g/mol. The first-order valence-electron chi connectivity index (χ1n) is 5.66. The third-order valence-electron chi connectivity index (χ3n) is 2.26. The molecular formula is C12H20KNO3. The van der Waals surface area contributed by atoms with Crippen LogP contribution in [0, 0.1) is 0 Å². The van der Waals surface area contributed by atoms with E-state index in [-0.39, 0.29) is 70.3 Å². The molecule has 4 nitrogen and oxygen atoms in total. The van der Waals surface area contributed by atoms with Crippen LogP contribution in [0.1, 0.15) is 39.0 Å². The molecule has 0 N–H and O–H groups in total. The molecule has 0 aliphatic rings. The van der Waals surface area contributed by atoms with E-state index in [1.807, 2.05) is 12.2 Å². The van der Waals surface area contributed by atoms with E-state index in [4.69, 9.17) is 0 Å². The molecule has 0 radical (unpaired) electrons. The first-order chi connectivity index (χ1) is 7.57. The Bertz CT molecular complexity index is 254. The predicted molar refractivity (Wildman–Crippen MR) is 60.5 cm³/mol. The van der Waals surface area contributed by atoms with Crippen LogP contribution in [0.2, 0.25) is 0 Å². The zero-order chi connectivity index (χ0) is 12.4. The van der Waals surface area contributed by atoms with Crippen LogP contribution < -0.4 is 56.5 Å². The Labute approximate surface area is 146 Å². The summed E-state index contributed by atoms with van der Waals surface area (Å²) in [7, 11) is 1.60. The van der Waals surface area contributed by atoms with Crippen molar-refractivity contribution in [3.8, 4) is 0 Å². The Morgan fingerprint density at radius 3 is 2.47 bits per heavy atom. The Balaban J connectivity index is 0. The minimum Gasteiger partial charge on any atom is -0.550 e. The minimum absolute atomic E-state index is 0. The van der Waals surface area contributed by atoms with Crippen molar-refractivity contribution in [3.63, 3.8) is 0 Å². The van der Waals surface area contributed by atoms with Crippen molar-refractivity contribution < 1.29 is 66.1 Å². The molecule has 0 fully saturated rings. The number of carbonyl (C=O) groups excluding carboxylic acids is 2. The first kappa shape index (κ1) is 19.7. The van der Waals surface area contributed by atoms with Gasteiger partial charge in [0.15, 0.2) is 0 Å². The predicted octanol–water partition coefficient (Wildman–Crippen LogP) is -2.27. The summed E-state index contributed by atoms with van der Waals surface area (Å²) in [5, 5.41) is 10.2. The number of carboxylic acids is 1. The molecule has 17 heavy (non-hydrogen) atoms. The number of hydrogen-bond donors (Lipinski definition) is 0. The van der Waals surface area contributed by atoms with Gasteiger partial charge in [0.05, 0.1) is 0 Å². The van der Waals surface area contributed by atoms with Crippen LogP contribution in [0.25, 0.3) is 0 Å². The van der Waals surface area contributed by atoms with Crippen LogP contribution in [-0.4, -0.2) is 30.4 Å². The summed E-state index contributed by atoms with van der Waals surface area (Å²) in [6.45, 7) is 2.33. The maximum Gasteiger partial charge on any atom is 1.00 e. The summed E-state index contributed by atoms with van der Waals surface area (Å²) in [6.07, 6.45) is 7.33. The zero-order valence-corrected chi connectivity index (χ0v) is 14.2. The van der Waals surface area contributed by atoms with Gasteiger partial charge in [0.2, 0.25) is 5.91 Å². The summed E-state index contributed by atoms with van der Waals surface area (Å²) in [4.78, 5) is 23.1. The fraction of sp³-hybridized carbons (Fsp3) is 0.667. The van der Waals surface area contributed by atoms with Gasteiger partial charge < -0.3 is 14.8 Å². The van der Waals surface area contributed by atoms with Gasteiger partial charge in [-0.15, -0.1) is 0 Å². The number of rotatable bonds is 8. The quantitative estimate of drug-likeness (QED) is 0.282. The van der Waals surface area contributed by atoms with Crippen LogP contribution in [0.15, 0.2) is 12.2 Å². The molecule has 0 aliphatic carbocycles. The summed E-state index contributed by atoms with van der Waals surface area (Å²) in [5.41, 5.74) is 0. The van der Waals surface area contributed by atoms with E-state index in [0.717, 1.165) is 19.3 Å². The molecule has 1 amide bonds. The number of carbonyl (C=O) groups is 2. The summed E-state index contributed by atoms with van der Waals surface area (Å²) < 4.78 is 0. The molecule has 0 rings (SSSR count). The molecule has 0 saturated heterocycles. The van der Waals surface area contributed by atoms with Gasteiger partial charge >= 0.3 is 51.4 Å². The molecule has 0 aromatic heterocycles. The molecule has 0 atom stereocenters. The molecule has 0 saturated carbocycles. The van der Waals surface area contributed by atoms with Crippen molar-refractivity contribution in [3.05, 3.63) is 12.2 Å². The summed E-state index contributed by atoms with van der Waals surface area (Å²) >= 11 is 0. The Kier molecular flexibility index (Phi) is 14.8. The van der Waals surface area contributed by atoms with E-state index < -0.39 is 5.97 Å². The Morgan fingerprint density at radius 2 is 1.94 bits per heavy atom. The number of aliphatic carboxylic acids is 1. The molecule has 0 aromatic rings. The zero-order valence-electron chi connectivity index (χ0n) is 11.1. The van der Waals surface area contributed by atoms with Crippen LogP contribution in [0.5, 0.6) is 0 Å². The van der Waals surface area contributed by atoms with Gasteiger partial charge in [-0.3, -0.25) is 4.79 Å². The van der Waals surface area contributed by atoms with E-state index >= 15 is 0 Å². The van der Waals surface area contributed by atoms with E-state index in [9.17, 15) is 14.7 Å². The topological polar surface area (TPSA) is 60.4 Å². The minimum atomic E-state index is -1.13. The van der Waals surface area contributed by atoms with E-state index in [1.54, 1.807) is 7.05 Å². The summed E-state index contributed by atoms with van der Waals surface area (Å²) in [5.74, 6) is -1.19. The second-order valence-corrected chi connectivity index (χ2v) is 3.76. The van der Waals surface area contributed by atoms with Gasteiger partial charge in [-0.1, -0.05) is 31.9 Å². The first-order valence-corrected chi connectivity index (χ1v) is 5.66. The maximum atomic E-state index is 11.4. The molecule has 0 bridgehead atoms. The van der Waals surface area contributed by atoms with Gasteiger partial charge in [0.1, 0.15) is 0 Å². The smallest absolute Gasteiger partial charge is 0.550 e. The summed E-state index contributed by atoms with van der Waals surface area (Å²) in [6, 6.07) is 0. The molecular weight excluding hydrogens is 245 g/mol. The van der Waals surface area contributed by atoms with Crippen LogP contribution >= 0.6 is 0 Å². The Hall–Kier alpha value is 0.316. The van der Waals surface area contributed by atoms with E-state index in [2.05, 4.69) is 6.92 Å². The van der Waals surface area contributed by atoms with Gasteiger partial charge in [-0.2, -0.15) is 0 Å². The SMILES string of the molecule is CCCC/C=C/CC(=O)N(C)CCC(=O)[O-].[K+]. The Morgan fingerprint density at radius 1 is 1.29 bits per heavy atom. The average Bonchev–Trinajstić information content (AvgIpc) is 2.25. The van der Waals surface area contributed by atoms with Crippen LogP contribution in [0.3, 0.4) is 0 Å². The number of amides is 1. The molecule has 0 aromatic carbocycles. The van der Waals surface area contributed by atoms with E-state index in [1.165, 1.54) is 4.90 Å². The van der Waals surface area contributed by atoms with Crippen molar-refractivity contribution in [2.45, 2.75) is 39.0 Å². The standard InChI is InChI=1S/C12H21NO3.K/c1-3-4-5-6-7-8-11(14)13(2)10-9-12(15)16;/h6-7H,3-5,8-10H2,1-2H3,(H,15,16);/q;+1/p-1/b7-6+;. The molecule has 0 heterocycles. The van der Waals surface area contributed by atoms with Crippen molar-refractivity contribution in [2.75, 3.05) is 13.6 Å². The van der Waals surface area contributed by atoms with E-state index in [0.29, 0.717) is 6.42 Å². The van der Waals surface area contributed by atoms with Crippen molar-refractivity contribution in [2.24, 2.45) is 0 Å². The molecule has 0 spiro atoms. The third-order valence-corrected chi connectivity index (χ3v) is 2.26. The number of nitrogens with zero attached hydrogens (tertiary/aromatic N) is 1. The van der Waals surface area contributed by atoms with Gasteiger partial charge in [0, 0.05) is 32.4 Å². The average molecular weight is 265 g/mol. The largest absolute Gasteiger partial charge is 1.00 e. The second-order valence-electron chi connectivity index (χ2n) is 3.76. The van der Waals surface area contributed by atoms with Gasteiger partial charge in [-0.25, -0.2) is 0 Å². The van der Waals surface area contributed by atoms with Crippen LogP contribution in [0.4, 0.5) is 0 Å². The molecule has 0 aliphatic heterocycles. The van der Waals surface area contributed by atoms with Gasteiger partial charge in [-0.05, 0) is 6.42 Å². The fourth-order valence-electron chi connectivity index (χ4n) is 1.16. The number of allylic oxidation sites excluding steroid dienone is 1. The third kappa shape index (κ3) is 12.6. The van der Waals surface area contributed by atoms with Gasteiger partial charge in [0.25, 0.3) is 0 Å². The molecule has 92 valence electrons. The number of unbranched alkanes of at least 4 members (excludes halogenated alkanes) is 2. The van der Waals surface area contributed by atoms with Crippen LogP contribution in [-0.2, 0) is 9.59 Å². The maximum absolute atomic E-state index is 11.4. The van der Waals surface area contributed by atoms with Crippen molar-refractivity contribution in [1.82, 2.24) is 4.90 Å². The number of hydrogen-bond acceptors (Lipinski definition) is 3. The van der Waals surface area contributed by atoms with Crippen molar-refractivity contribution >= 4 is 11.9 Å². The fourth-order valence-corrected chi connectivity index (χ4v) is 1.16.